The summed E-state index contributed by atoms with van der Waals surface area (Å²) in [5.41, 5.74) is -0.827. The number of fused-ring (bicyclic) bond motifs is 1. The van der Waals surface area contributed by atoms with E-state index in [9.17, 15) is 13.2 Å². The molecule has 0 atom stereocenters. The molecule has 3 nitrogen and oxygen atoms in total. The second-order valence-corrected chi connectivity index (χ2v) is 3.62. The Labute approximate surface area is 74.8 Å². The second kappa shape index (κ2) is 2.44. The Morgan fingerprint density at radius 3 is 2.77 bits per heavy atom. The topological polar surface area (TPSA) is 30.2 Å². The van der Waals surface area contributed by atoms with E-state index in [0.29, 0.717) is 5.01 Å². The molecule has 0 fully saturated rings. The maximum absolute atomic E-state index is 12.3. The van der Waals surface area contributed by atoms with E-state index in [0.717, 1.165) is 22.0 Å². The summed E-state index contributed by atoms with van der Waals surface area (Å²) in [4.78, 5) is 3.87. The summed E-state index contributed by atoms with van der Waals surface area (Å²) in [5, 5.41) is 4.26. The average Bonchev–Trinajstić information content (AvgIpc) is 2.41. The molecule has 0 saturated heterocycles. The summed E-state index contributed by atoms with van der Waals surface area (Å²) in [7, 11) is 0. The number of halogens is 3. The van der Waals surface area contributed by atoms with Crippen molar-refractivity contribution < 1.29 is 13.2 Å². The van der Waals surface area contributed by atoms with Crippen LogP contribution in [0.25, 0.3) is 4.96 Å². The van der Waals surface area contributed by atoms with Crippen molar-refractivity contribution in [3.05, 3.63) is 16.9 Å². The molecule has 0 bridgehead atoms. The van der Waals surface area contributed by atoms with Gasteiger partial charge in [0.2, 0.25) is 4.96 Å². The van der Waals surface area contributed by atoms with Crippen LogP contribution in [0.3, 0.4) is 0 Å². The molecule has 2 rings (SSSR count). The Balaban J connectivity index is 2.70. The summed E-state index contributed by atoms with van der Waals surface area (Å²) < 4.78 is 37.6. The predicted molar refractivity (Wildman–Crippen MR) is 40.6 cm³/mol. The van der Waals surface area contributed by atoms with Crippen LogP contribution < -0.4 is 0 Å². The molecule has 0 aliphatic carbocycles. The smallest absolute Gasteiger partial charge is 0.225 e. The first-order chi connectivity index (χ1) is 5.98. The largest absolute Gasteiger partial charge is 0.435 e. The lowest BCUT2D eigenvalue weighted by molar-refractivity contribution is -0.142. The fourth-order valence-corrected chi connectivity index (χ4v) is 1.70. The Morgan fingerprint density at radius 1 is 1.46 bits per heavy atom. The van der Waals surface area contributed by atoms with Crippen LogP contribution in [-0.4, -0.2) is 14.6 Å². The maximum Gasteiger partial charge on any atom is 0.435 e. The molecule has 0 unspecified atom stereocenters. The van der Waals surface area contributed by atoms with Gasteiger partial charge in [-0.2, -0.15) is 22.8 Å². The number of hydrogen-bond donors (Lipinski definition) is 0. The zero-order valence-corrected chi connectivity index (χ0v) is 7.28. The lowest BCUT2D eigenvalue weighted by Crippen LogP contribution is -2.09. The number of alkyl halides is 3. The molecular weight excluding hydrogens is 203 g/mol. The zero-order valence-electron chi connectivity index (χ0n) is 6.46. The van der Waals surface area contributed by atoms with Gasteiger partial charge >= 0.3 is 6.18 Å². The van der Waals surface area contributed by atoms with Crippen LogP contribution in [0, 0.1) is 6.92 Å². The Morgan fingerprint density at radius 2 is 2.15 bits per heavy atom. The van der Waals surface area contributed by atoms with Crippen molar-refractivity contribution in [3.63, 3.8) is 0 Å². The van der Waals surface area contributed by atoms with E-state index < -0.39 is 11.9 Å². The van der Waals surface area contributed by atoms with Crippen molar-refractivity contribution in [1.29, 1.82) is 0 Å². The SMILES string of the molecule is Cc1nn2c(C(F)(F)F)cnc2s1. The van der Waals surface area contributed by atoms with Crippen molar-refractivity contribution >= 4 is 16.3 Å². The third kappa shape index (κ3) is 1.28. The standard InChI is InChI=1S/C6H4F3N3S/c1-3-11-12-4(6(7,8)9)2-10-5(12)13-3/h2H,1H3. The maximum atomic E-state index is 12.3. The van der Waals surface area contributed by atoms with Gasteiger partial charge < -0.3 is 0 Å². The molecular formula is C6H4F3N3S. The summed E-state index contributed by atoms with van der Waals surface area (Å²) in [6.45, 7) is 1.64. The summed E-state index contributed by atoms with van der Waals surface area (Å²) in [6.07, 6.45) is -3.60. The summed E-state index contributed by atoms with van der Waals surface area (Å²) >= 11 is 1.13. The monoisotopic (exact) mass is 207 g/mol. The first-order valence-electron chi connectivity index (χ1n) is 3.37. The molecule has 0 aliphatic heterocycles. The molecule has 0 spiro atoms. The highest BCUT2D eigenvalue weighted by molar-refractivity contribution is 7.16. The van der Waals surface area contributed by atoms with E-state index in [2.05, 4.69) is 10.1 Å². The van der Waals surface area contributed by atoms with Gasteiger partial charge in [-0.05, 0) is 6.92 Å². The highest BCUT2D eigenvalue weighted by Gasteiger charge is 2.35. The quantitative estimate of drug-likeness (QED) is 0.662. The van der Waals surface area contributed by atoms with Gasteiger partial charge in [-0.15, -0.1) is 0 Å². The minimum Gasteiger partial charge on any atom is -0.225 e. The lowest BCUT2D eigenvalue weighted by atomic mass is 10.5. The van der Waals surface area contributed by atoms with Crippen molar-refractivity contribution in [3.8, 4) is 0 Å². The number of aryl methyl sites for hydroxylation is 1. The van der Waals surface area contributed by atoms with Crippen molar-refractivity contribution in [2.75, 3.05) is 0 Å². The van der Waals surface area contributed by atoms with Gasteiger partial charge in [0, 0.05) is 0 Å². The molecule has 0 amide bonds. The minimum absolute atomic E-state index is 0.268. The average molecular weight is 207 g/mol. The van der Waals surface area contributed by atoms with E-state index in [1.807, 2.05) is 0 Å². The summed E-state index contributed by atoms with van der Waals surface area (Å²) in [6, 6.07) is 0. The number of hydrogen-bond acceptors (Lipinski definition) is 3. The molecule has 2 aromatic rings. The van der Waals surface area contributed by atoms with E-state index in [1.54, 1.807) is 6.92 Å². The van der Waals surface area contributed by atoms with Gasteiger partial charge in [0.15, 0.2) is 5.69 Å². The zero-order chi connectivity index (χ0) is 9.64. The Kier molecular flexibility index (Phi) is 1.59. The molecule has 2 heterocycles. The van der Waals surface area contributed by atoms with Crippen molar-refractivity contribution in [2.45, 2.75) is 13.1 Å². The molecule has 2 aromatic heterocycles. The third-order valence-corrected chi connectivity index (χ3v) is 2.31. The number of aromatic nitrogens is 3. The van der Waals surface area contributed by atoms with E-state index >= 15 is 0 Å². The van der Waals surface area contributed by atoms with Gasteiger partial charge in [-0.25, -0.2) is 4.98 Å². The Bertz CT molecular complexity index is 441. The first-order valence-corrected chi connectivity index (χ1v) is 4.18. The fraction of sp³-hybridized carbons (Fsp3) is 0.333. The Hall–Kier alpha value is -1.11. The van der Waals surface area contributed by atoms with E-state index in [4.69, 9.17) is 0 Å². The number of nitrogens with zero attached hydrogens (tertiary/aromatic N) is 3. The molecule has 0 saturated carbocycles. The van der Waals surface area contributed by atoms with Gasteiger partial charge in [-0.3, -0.25) is 0 Å². The van der Waals surface area contributed by atoms with Gasteiger partial charge in [-0.1, -0.05) is 11.3 Å². The summed E-state index contributed by atoms with van der Waals surface area (Å²) in [5.74, 6) is 0. The molecule has 70 valence electrons. The second-order valence-electron chi connectivity index (χ2n) is 2.46. The molecule has 0 aromatic carbocycles. The van der Waals surface area contributed by atoms with Crippen LogP contribution >= 0.6 is 11.3 Å². The first kappa shape index (κ1) is 8.49. The fourth-order valence-electron chi connectivity index (χ4n) is 0.982. The molecule has 0 radical (unpaired) electrons. The van der Waals surface area contributed by atoms with Gasteiger partial charge in [0.05, 0.1) is 6.20 Å². The predicted octanol–water partition coefficient (Wildman–Crippen LogP) is 2.12. The normalized spacial score (nSPS) is 12.6. The highest BCUT2D eigenvalue weighted by atomic mass is 32.1. The molecule has 0 N–H and O–H groups in total. The lowest BCUT2D eigenvalue weighted by Gasteiger charge is -2.01. The van der Waals surface area contributed by atoms with Crippen LogP contribution in [0.1, 0.15) is 10.7 Å². The van der Waals surface area contributed by atoms with Crippen LogP contribution in [0.5, 0.6) is 0 Å². The highest BCUT2D eigenvalue weighted by Crippen LogP contribution is 2.30. The third-order valence-electron chi connectivity index (χ3n) is 1.48. The molecule has 13 heavy (non-hydrogen) atoms. The molecule has 0 aliphatic rings. The van der Waals surface area contributed by atoms with E-state index in [-0.39, 0.29) is 4.96 Å². The van der Waals surface area contributed by atoms with Crippen LogP contribution in [0.2, 0.25) is 0 Å². The van der Waals surface area contributed by atoms with Crippen LogP contribution in [-0.2, 0) is 6.18 Å². The molecule has 7 heteroatoms. The van der Waals surface area contributed by atoms with E-state index in [1.165, 1.54) is 0 Å². The minimum atomic E-state index is -4.39. The van der Waals surface area contributed by atoms with Crippen molar-refractivity contribution in [2.24, 2.45) is 0 Å². The number of rotatable bonds is 0. The number of imidazole rings is 1. The van der Waals surface area contributed by atoms with Crippen LogP contribution in [0.4, 0.5) is 13.2 Å². The van der Waals surface area contributed by atoms with Crippen LogP contribution in [0.15, 0.2) is 6.20 Å². The van der Waals surface area contributed by atoms with Gasteiger partial charge in [0.25, 0.3) is 0 Å². The van der Waals surface area contributed by atoms with Gasteiger partial charge in [0.1, 0.15) is 5.01 Å². The van der Waals surface area contributed by atoms with Crippen molar-refractivity contribution in [1.82, 2.24) is 14.6 Å².